The van der Waals surface area contributed by atoms with Gasteiger partial charge >= 0.3 is 0 Å². The predicted molar refractivity (Wildman–Crippen MR) is 69.5 cm³/mol. The average molecular weight is 245 g/mol. The third kappa shape index (κ3) is 1.79. The molecule has 1 aromatic carbocycles. The minimum Gasteiger partial charge on any atom is -0.493 e. The zero-order chi connectivity index (χ0) is 13.2. The Bertz CT molecular complexity index is 520. The van der Waals surface area contributed by atoms with Crippen LogP contribution in [0.4, 0.5) is 0 Å². The third-order valence-corrected chi connectivity index (χ3v) is 3.06. The summed E-state index contributed by atoms with van der Waals surface area (Å²) in [6.45, 7) is 1.53. The maximum absolute atomic E-state index is 11.9. The number of Topliss-reactive ketones (excluding diaryl/α,β-unsaturated/α-hetero) is 1. The van der Waals surface area contributed by atoms with Crippen LogP contribution in [-0.4, -0.2) is 26.2 Å². The third-order valence-electron chi connectivity index (χ3n) is 3.06. The molecule has 0 saturated carbocycles. The van der Waals surface area contributed by atoms with Gasteiger partial charge in [0, 0.05) is 6.21 Å². The number of methoxy groups -OCH3 is 2. The number of carbonyl (C=O) groups is 1. The van der Waals surface area contributed by atoms with E-state index in [1.807, 2.05) is 6.07 Å². The van der Waals surface area contributed by atoms with E-state index >= 15 is 0 Å². The largest absolute Gasteiger partial charge is 0.493 e. The number of hydrogen-bond acceptors (Lipinski definition) is 4. The van der Waals surface area contributed by atoms with E-state index in [2.05, 4.69) is 4.99 Å². The molecule has 1 aliphatic rings. The number of allylic oxidation sites excluding steroid dienone is 1. The molecule has 1 aliphatic heterocycles. The number of hydrogen-bond donors (Lipinski definition) is 0. The minimum atomic E-state index is -0.917. The lowest BCUT2D eigenvalue weighted by molar-refractivity contribution is -0.120. The SMILES string of the molecule is COc1ccc(C2(C(C)=O)C=CC=N2)cc1OC. The fourth-order valence-corrected chi connectivity index (χ4v) is 2.04. The van der Waals surface area contributed by atoms with Crippen LogP contribution in [0.3, 0.4) is 0 Å². The van der Waals surface area contributed by atoms with Crippen molar-refractivity contribution in [2.45, 2.75) is 12.5 Å². The smallest absolute Gasteiger partial charge is 0.165 e. The van der Waals surface area contributed by atoms with E-state index in [1.54, 1.807) is 44.7 Å². The fraction of sp³-hybridized carbons (Fsp3) is 0.286. The summed E-state index contributed by atoms with van der Waals surface area (Å²) in [7, 11) is 3.14. The Hall–Kier alpha value is -2.10. The van der Waals surface area contributed by atoms with Crippen LogP contribution < -0.4 is 9.47 Å². The molecule has 0 spiro atoms. The van der Waals surface area contributed by atoms with Crippen LogP contribution in [-0.2, 0) is 10.3 Å². The molecule has 0 fully saturated rings. The second-order valence-electron chi connectivity index (χ2n) is 4.03. The first kappa shape index (κ1) is 12.4. The first-order valence-corrected chi connectivity index (χ1v) is 5.60. The van der Waals surface area contributed by atoms with Crippen molar-refractivity contribution >= 4 is 12.0 Å². The summed E-state index contributed by atoms with van der Waals surface area (Å²) in [6.07, 6.45) is 5.20. The molecule has 0 saturated heterocycles. The minimum absolute atomic E-state index is 0.0280. The van der Waals surface area contributed by atoms with E-state index in [0.29, 0.717) is 11.5 Å². The quantitative estimate of drug-likeness (QED) is 0.816. The number of carbonyl (C=O) groups excluding carboxylic acids is 1. The first-order valence-electron chi connectivity index (χ1n) is 5.60. The topological polar surface area (TPSA) is 47.9 Å². The number of benzene rings is 1. The highest BCUT2D eigenvalue weighted by Crippen LogP contribution is 2.36. The Balaban J connectivity index is 2.54. The predicted octanol–water partition coefficient (Wildman–Crippen LogP) is 2.13. The lowest BCUT2D eigenvalue weighted by atomic mass is 9.87. The highest BCUT2D eigenvalue weighted by atomic mass is 16.5. The molecule has 0 radical (unpaired) electrons. The van der Waals surface area contributed by atoms with Gasteiger partial charge in [0.15, 0.2) is 22.8 Å². The zero-order valence-electron chi connectivity index (χ0n) is 10.6. The van der Waals surface area contributed by atoms with E-state index in [1.165, 1.54) is 6.92 Å². The first-order chi connectivity index (χ1) is 8.64. The van der Waals surface area contributed by atoms with Crippen LogP contribution in [0.1, 0.15) is 12.5 Å². The number of aliphatic imine (C=N–C) groups is 1. The summed E-state index contributed by atoms with van der Waals surface area (Å²) < 4.78 is 10.4. The number of rotatable bonds is 4. The van der Waals surface area contributed by atoms with Gasteiger partial charge in [0.05, 0.1) is 14.2 Å². The van der Waals surface area contributed by atoms with Gasteiger partial charge in [0.2, 0.25) is 0 Å². The van der Waals surface area contributed by atoms with Crippen molar-refractivity contribution in [2.24, 2.45) is 4.99 Å². The maximum Gasteiger partial charge on any atom is 0.165 e. The molecular weight excluding hydrogens is 230 g/mol. The Morgan fingerprint density at radius 3 is 2.44 bits per heavy atom. The lowest BCUT2D eigenvalue weighted by Gasteiger charge is -2.22. The van der Waals surface area contributed by atoms with Crippen LogP contribution in [0, 0.1) is 0 Å². The Morgan fingerprint density at radius 1 is 1.22 bits per heavy atom. The lowest BCUT2D eigenvalue weighted by Crippen LogP contribution is -2.28. The van der Waals surface area contributed by atoms with Crippen LogP contribution >= 0.6 is 0 Å². The van der Waals surface area contributed by atoms with Crippen molar-refractivity contribution in [3.63, 3.8) is 0 Å². The van der Waals surface area contributed by atoms with Gasteiger partial charge in [-0.15, -0.1) is 0 Å². The van der Waals surface area contributed by atoms with Gasteiger partial charge in [-0.2, -0.15) is 0 Å². The molecule has 18 heavy (non-hydrogen) atoms. The molecular formula is C14H15NO3. The van der Waals surface area contributed by atoms with Gasteiger partial charge in [-0.05, 0) is 36.8 Å². The standard InChI is InChI=1S/C14H15NO3/c1-10(16)14(7-4-8-15-14)11-5-6-12(17-2)13(9-11)18-3/h4-9H,1-3H3. The van der Waals surface area contributed by atoms with Gasteiger partial charge in [-0.25, -0.2) is 0 Å². The Labute approximate surface area is 106 Å². The summed E-state index contributed by atoms with van der Waals surface area (Å²) >= 11 is 0. The molecule has 1 aromatic rings. The molecule has 0 bridgehead atoms. The van der Waals surface area contributed by atoms with Crippen molar-refractivity contribution in [3.8, 4) is 11.5 Å². The fourth-order valence-electron chi connectivity index (χ4n) is 2.04. The molecule has 0 N–H and O–H groups in total. The summed E-state index contributed by atoms with van der Waals surface area (Å²) in [5, 5.41) is 0. The molecule has 0 aromatic heterocycles. The monoisotopic (exact) mass is 245 g/mol. The van der Waals surface area contributed by atoms with E-state index < -0.39 is 5.54 Å². The summed E-state index contributed by atoms with van der Waals surface area (Å²) in [5.41, 5.74) is -0.142. The summed E-state index contributed by atoms with van der Waals surface area (Å²) in [5.74, 6) is 1.19. The van der Waals surface area contributed by atoms with E-state index in [4.69, 9.17) is 9.47 Å². The van der Waals surface area contributed by atoms with Crippen LogP contribution in [0.15, 0.2) is 35.3 Å². The van der Waals surface area contributed by atoms with Gasteiger partial charge in [0.25, 0.3) is 0 Å². The summed E-state index contributed by atoms with van der Waals surface area (Å²) in [6, 6.07) is 5.39. The van der Waals surface area contributed by atoms with Crippen LogP contribution in [0.2, 0.25) is 0 Å². The number of nitrogens with zero attached hydrogens (tertiary/aromatic N) is 1. The van der Waals surface area contributed by atoms with Gasteiger partial charge in [-0.3, -0.25) is 9.79 Å². The molecule has 4 heteroatoms. The molecule has 1 atom stereocenters. The average Bonchev–Trinajstić information content (AvgIpc) is 2.88. The molecule has 2 rings (SSSR count). The van der Waals surface area contributed by atoms with Gasteiger partial charge in [-0.1, -0.05) is 6.07 Å². The molecule has 0 amide bonds. The van der Waals surface area contributed by atoms with Crippen LogP contribution in [0.5, 0.6) is 11.5 Å². The zero-order valence-corrected chi connectivity index (χ0v) is 10.6. The molecule has 1 heterocycles. The summed E-state index contributed by atoms with van der Waals surface area (Å²) in [4.78, 5) is 16.2. The van der Waals surface area contributed by atoms with Crippen molar-refractivity contribution in [1.29, 1.82) is 0 Å². The number of ketones is 1. The van der Waals surface area contributed by atoms with Gasteiger partial charge in [0.1, 0.15) is 0 Å². The van der Waals surface area contributed by atoms with E-state index in [-0.39, 0.29) is 5.78 Å². The molecule has 1 unspecified atom stereocenters. The van der Waals surface area contributed by atoms with E-state index in [9.17, 15) is 4.79 Å². The molecule has 94 valence electrons. The Kier molecular flexibility index (Phi) is 3.19. The molecule has 0 aliphatic carbocycles. The highest BCUT2D eigenvalue weighted by Gasteiger charge is 2.36. The molecule has 4 nitrogen and oxygen atoms in total. The van der Waals surface area contributed by atoms with Crippen LogP contribution in [0.25, 0.3) is 0 Å². The second kappa shape index (κ2) is 4.64. The second-order valence-corrected chi connectivity index (χ2v) is 4.03. The maximum atomic E-state index is 11.9. The van der Waals surface area contributed by atoms with Crippen molar-refractivity contribution in [3.05, 3.63) is 35.9 Å². The Morgan fingerprint density at radius 2 is 1.94 bits per heavy atom. The highest BCUT2D eigenvalue weighted by molar-refractivity contribution is 5.95. The normalized spacial score (nSPS) is 21.1. The van der Waals surface area contributed by atoms with E-state index in [0.717, 1.165) is 5.56 Å². The number of ether oxygens (including phenoxy) is 2. The van der Waals surface area contributed by atoms with Crippen molar-refractivity contribution < 1.29 is 14.3 Å². The van der Waals surface area contributed by atoms with Crippen molar-refractivity contribution in [2.75, 3.05) is 14.2 Å². The van der Waals surface area contributed by atoms with Crippen molar-refractivity contribution in [1.82, 2.24) is 0 Å². The van der Waals surface area contributed by atoms with Gasteiger partial charge < -0.3 is 9.47 Å².